The number of hydrogen-bond acceptors (Lipinski definition) is 3. The number of benzene rings is 2. The Hall–Kier alpha value is -2.05. The molecule has 0 saturated heterocycles. The predicted molar refractivity (Wildman–Crippen MR) is 121 cm³/mol. The first kappa shape index (κ1) is 24.2. The van der Waals surface area contributed by atoms with Gasteiger partial charge in [0.1, 0.15) is 11.9 Å². The molecule has 4 nitrogen and oxygen atoms in total. The highest BCUT2D eigenvalue weighted by atomic mass is 35.5. The summed E-state index contributed by atoms with van der Waals surface area (Å²) < 4.78 is 13.3. The molecule has 2 aromatic rings. The van der Waals surface area contributed by atoms with E-state index in [1.54, 1.807) is 35.7 Å². The Morgan fingerprint density at radius 3 is 2.27 bits per heavy atom. The van der Waals surface area contributed by atoms with Crippen LogP contribution in [-0.4, -0.2) is 34.0 Å². The average molecular weight is 451 g/mol. The number of rotatable bonds is 8. The van der Waals surface area contributed by atoms with Crippen LogP contribution in [0.2, 0.25) is 5.02 Å². The molecule has 162 valence electrons. The highest BCUT2D eigenvalue weighted by Gasteiger charge is 2.28. The number of amides is 2. The van der Waals surface area contributed by atoms with Crippen LogP contribution >= 0.6 is 23.4 Å². The lowest BCUT2D eigenvalue weighted by atomic mass is 10.1. The number of hydrogen-bond donors (Lipinski definition) is 1. The number of nitrogens with one attached hydrogen (secondary N) is 1. The minimum Gasteiger partial charge on any atom is -0.350 e. The third-order valence-electron chi connectivity index (χ3n) is 4.33. The topological polar surface area (TPSA) is 49.4 Å². The normalized spacial score (nSPS) is 12.3. The zero-order chi connectivity index (χ0) is 22.3. The Morgan fingerprint density at radius 1 is 1.10 bits per heavy atom. The summed E-state index contributed by atoms with van der Waals surface area (Å²) >= 11 is 7.46. The molecule has 2 amide bonds. The van der Waals surface area contributed by atoms with Gasteiger partial charge < -0.3 is 10.2 Å². The van der Waals surface area contributed by atoms with Crippen LogP contribution in [0.3, 0.4) is 0 Å². The molecule has 30 heavy (non-hydrogen) atoms. The van der Waals surface area contributed by atoms with Crippen molar-refractivity contribution in [1.82, 2.24) is 10.2 Å². The van der Waals surface area contributed by atoms with Gasteiger partial charge in [0.25, 0.3) is 0 Å². The molecule has 0 radical (unpaired) electrons. The average Bonchev–Trinajstić information content (AvgIpc) is 2.67. The SMILES string of the molecule is CC(C(=O)NC(C)(C)C)N(Cc1ccc(F)cc1)C(=O)CCSc1ccc(Cl)cc1. The van der Waals surface area contributed by atoms with Crippen molar-refractivity contribution in [2.24, 2.45) is 0 Å². The maximum absolute atomic E-state index is 13.3. The summed E-state index contributed by atoms with van der Waals surface area (Å²) in [5, 5.41) is 3.59. The van der Waals surface area contributed by atoms with E-state index in [2.05, 4.69) is 5.32 Å². The van der Waals surface area contributed by atoms with Crippen LogP contribution in [0.5, 0.6) is 0 Å². The van der Waals surface area contributed by atoms with Crippen LogP contribution in [0.4, 0.5) is 4.39 Å². The fourth-order valence-corrected chi connectivity index (χ4v) is 3.74. The van der Waals surface area contributed by atoms with E-state index in [0.717, 1.165) is 10.5 Å². The van der Waals surface area contributed by atoms with Crippen molar-refractivity contribution < 1.29 is 14.0 Å². The van der Waals surface area contributed by atoms with Crippen molar-refractivity contribution in [1.29, 1.82) is 0 Å². The van der Waals surface area contributed by atoms with Gasteiger partial charge in [0.2, 0.25) is 11.8 Å². The van der Waals surface area contributed by atoms with Crippen LogP contribution in [0.25, 0.3) is 0 Å². The van der Waals surface area contributed by atoms with Gasteiger partial charge in [0, 0.05) is 34.2 Å². The molecule has 1 unspecified atom stereocenters. The third-order valence-corrected chi connectivity index (χ3v) is 5.60. The van der Waals surface area contributed by atoms with Gasteiger partial charge >= 0.3 is 0 Å². The Labute approximate surface area is 187 Å². The van der Waals surface area contributed by atoms with E-state index < -0.39 is 11.6 Å². The maximum Gasteiger partial charge on any atom is 0.242 e. The molecule has 2 aromatic carbocycles. The zero-order valence-corrected chi connectivity index (χ0v) is 19.3. The highest BCUT2D eigenvalue weighted by molar-refractivity contribution is 7.99. The summed E-state index contributed by atoms with van der Waals surface area (Å²) in [4.78, 5) is 28.3. The molecule has 2 rings (SSSR count). The van der Waals surface area contributed by atoms with E-state index in [0.29, 0.717) is 10.8 Å². The van der Waals surface area contributed by atoms with E-state index in [1.807, 2.05) is 45.0 Å². The molecule has 0 aliphatic carbocycles. The minimum atomic E-state index is -0.651. The number of carbonyl (C=O) groups excluding carboxylic acids is 2. The van der Waals surface area contributed by atoms with E-state index in [9.17, 15) is 14.0 Å². The molecule has 0 fully saturated rings. The first-order chi connectivity index (χ1) is 14.0. The lowest BCUT2D eigenvalue weighted by Crippen LogP contribution is -2.52. The molecule has 0 heterocycles. The van der Waals surface area contributed by atoms with Crippen LogP contribution in [0, 0.1) is 5.82 Å². The summed E-state index contributed by atoms with van der Waals surface area (Å²) in [6, 6.07) is 12.8. The number of halogens is 2. The Morgan fingerprint density at radius 2 is 1.70 bits per heavy atom. The summed E-state index contributed by atoms with van der Waals surface area (Å²) in [5.74, 6) is -0.108. The molecular weight excluding hydrogens is 423 g/mol. The Bertz CT molecular complexity index is 851. The van der Waals surface area contributed by atoms with Crippen LogP contribution < -0.4 is 5.32 Å². The van der Waals surface area contributed by atoms with Crippen molar-refractivity contribution in [3.05, 3.63) is 64.9 Å². The molecule has 1 N–H and O–H groups in total. The Balaban J connectivity index is 2.08. The van der Waals surface area contributed by atoms with Crippen molar-refractivity contribution in [2.45, 2.75) is 57.1 Å². The van der Waals surface area contributed by atoms with Gasteiger partial charge in [-0.3, -0.25) is 9.59 Å². The van der Waals surface area contributed by atoms with E-state index in [4.69, 9.17) is 11.6 Å². The minimum absolute atomic E-state index is 0.127. The lowest BCUT2D eigenvalue weighted by Gasteiger charge is -2.31. The third kappa shape index (κ3) is 8.00. The largest absolute Gasteiger partial charge is 0.350 e. The highest BCUT2D eigenvalue weighted by Crippen LogP contribution is 2.22. The van der Waals surface area contributed by atoms with Crippen molar-refractivity contribution in [3.8, 4) is 0 Å². The molecule has 0 bridgehead atoms. The lowest BCUT2D eigenvalue weighted by molar-refractivity contribution is -0.140. The number of carbonyl (C=O) groups is 2. The van der Waals surface area contributed by atoms with Gasteiger partial charge in [-0.2, -0.15) is 0 Å². The van der Waals surface area contributed by atoms with Crippen molar-refractivity contribution in [2.75, 3.05) is 5.75 Å². The fourth-order valence-electron chi connectivity index (χ4n) is 2.77. The molecule has 1 atom stereocenters. The monoisotopic (exact) mass is 450 g/mol. The predicted octanol–water partition coefficient (Wildman–Crippen LogP) is 5.29. The maximum atomic E-state index is 13.3. The van der Waals surface area contributed by atoms with E-state index in [-0.39, 0.29) is 30.6 Å². The van der Waals surface area contributed by atoms with Gasteiger partial charge in [-0.25, -0.2) is 4.39 Å². The second kappa shape index (κ2) is 10.8. The molecule has 0 aliphatic heterocycles. The number of nitrogens with zero attached hydrogens (tertiary/aromatic N) is 1. The van der Waals surface area contributed by atoms with Crippen molar-refractivity contribution in [3.63, 3.8) is 0 Å². The van der Waals surface area contributed by atoms with E-state index in [1.165, 1.54) is 12.1 Å². The molecule has 7 heteroatoms. The number of thioether (sulfide) groups is 1. The van der Waals surface area contributed by atoms with Gasteiger partial charge in [-0.1, -0.05) is 23.7 Å². The van der Waals surface area contributed by atoms with Gasteiger partial charge in [-0.05, 0) is 69.7 Å². The second-order valence-electron chi connectivity index (χ2n) is 8.12. The summed E-state index contributed by atoms with van der Waals surface area (Å²) in [6.45, 7) is 7.64. The Kier molecular flexibility index (Phi) is 8.74. The smallest absolute Gasteiger partial charge is 0.242 e. The molecule has 0 spiro atoms. The zero-order valence-electron chi connectivity index (χ0n) is 17.7. The van der Waals surface area contributed by atoms with Crippen molar-refractivity contribution >= 4 is 35.2 Å². The van der Waals surface area contributed by atoms with Gasteiger partial charge in [0.15, 0.2) is 0 Å². The van der Waals surface area contributed by atoms with Gasteiger partial charge in [0.05, 0.1) is 0 Å². The summed E-state index contributed by atoms with van der Waals surface area (Å²) in [7, 11) is 0. The molecular formula is C23H28ClFN2O2S. The van der Waals surface area contributed by atoms with Gasteiger partial charge in [-0.15, -0.1) is 11.8 Å². The fraction of sp³-hybridized carbons (Fsp3) is 0.391. The standard InChI is InChI=1S/C23H28ClFN2O2S/c1-16(22(29)26-23(2,3)4)27(15-17-5-9-19(25)10-6-17)21(28)13-14-30-20-11-7-18(24)8-12-20/h5-12,16H,13-15H2,1-4H3,(H,26,29). The quantitative estimate of drug-likeness (QED) is 0.555. The first-order valence-corrected chi connectivity index (χ1v) is 11.2. The molecule has 0 aliphatic rings. The first-order valence-electron chi connectivity index (χ1n) is 9.79. The summed E-state index contributed by atoms with van der Waals surface area (Å²) in [5.41, 5.74) is 0.367. The van der Waals surface area contributed by atoms with E-state index >= 15 is 0 Å². The van der Waals surface area contributed by atoms with Crippen LogP contribution in [0.15, 0.2) is 53.4 Å². The second-order valence-corrected chi connectivity index (χ2v) is 9.72. The summed E-state index contributed by atoms with van der Waals surface area (Å²) in [6.07, 6.45) is 0.279. The molecule has 0 saturated carbocycles. The molecule has 0 aromatic heterocycles. The van der Waals surface area contributed by atoms with Crippen LogP contribution in [-0.2, 0) is 16.1 Å². The van der Waals surface area contributed by atoms with Crippen LogP contribution in [0.1, 0.15) is 39.7 Å².